The van der Waals surface area contributed by atoms with Crippen molar-refractivity contribution in [3.63, 3.8) is 0 Å². The van der Waals surface area contributed by atoms with E-state index in [1.54, 1.807) is 20.5 Å². The largest absolute Gasteiger partial charge is 0.493 e. The monoisotopic (exact) mass is 441 g/mol. The molecule has 2 aliphatic rings. The summed E-state index contributed by atoms with van der Waals surface area (Å²) in [4.78, 5) is 18.5. The fourth-order valence-electron chi connectivity index (χ4n) is 5.09. The Morgan fingerprint density at radius 1 is 1.03 bits per heavy atom. The zero-order valence-electron chi connectivity index (χ0n) is 18.4. The van der Waals surface area contributed by atoms with Crippen LogP contribution in [0.25, 0.3) is 11.0 Å². The van der Waals surface area contributed by atoms with Crippen LogP contribution in [0.2, 0.25) is 0 Å². The lowest BCUT2D eigenvalue weighted by atomic mass is 9.79. The number of furan rings is 1. The third kappa shape index (κ3) is 3.03. The summed E-state index contributed by atoms with van der Waals surface area (Å²) in [6, 6.07) is 17.3. The number of hydrogen-bond acceptors (Lipinski definition) is 6. The molecule has 2 aromatic heterocycles. The van der Waals surface area contributed by atoms with Gasteiger partial charge in [-0.15, -0.1) is 0 Å². The van der Waals surface area contributed by atoms with Crippen LogP contribution in [0.15, 0.2) is 76.5 Å². The zero-order valence-corrected chi connectivity index (χ0v) is 18.4. The first-order valence-corrected chi connectivity index (χ1v) is 10.9. The highest BCUT2D eigenvalue weighted by molar-refractivity contribution is 6.01. The Hall–Kier alpha value is -4.00. The number of nitrogens with one attached hydrogen (secondary N) is 1. The molecule has 1 aliphatic carbocycles. The van der Waals surface area contributed by atoms with Gasteiger partial charge in [-0.05, 0) is 48.4 Å². The molecule has 0 bridgehead atoms. The van der Waals surface area contributed by atoms with Gasteiger partial charge in [-0.3, -0.25) is 9.36 Å². The molecule has 0 amide bonds. The quantitative estimate of drug-likeness (QED) is 0.477. The first-order chi connectivity index (χ1) is 16.2. The van der Waals surface area contributed by atoms with Crippen molar-refractivity contribution in [2.75, 3.05) is 19.5 Å². The van der Waals surface area contributed by atoms with Crippen LogP contribution in [-0.4, -0.2) is 29.6 Å². The maximum absolute atomic E-state index is 13.6. The van der Waals surface area contributed by atoms with E-state index in [1.165, 1.54) is 0 Å². The summed E-state index contributed by atoms with van der Waals surface area (Å²) in [6.07, 6.45) is 2.74. The van der Waals surface area contributed by atoms with Crippen molar-refractivity contribution in [1.82, 2.24) is 9.55 Å². The van der Waals surface area contributed by atoms with Gasteiger partial charge in [0.1, 0.15) is 5.76 Å². The standard InChI is InChI=1S/C26H23N3O4/c1-31-22-10-9-15(14-23(22)32-2)25-24-18(12-16(13-20(24)30)21-8-5-11-33-21)28-26-27-17-6-3-4-7-19(17)29(25)26/h3-11,14,16,25H,12-13H2,1-2H3,(H,27,28). The van der Waals surface area contributed by atoms with Crippen LogP contribution in [-0.2, 0) is 4.79 Å². The molecule has 0 fully saturated rings. The van der Waals surface area contributed by atoms with Crippen LogP contribution >= 0.6 is 0 Å². The highest BCUT2D eigenvalue weighted by atomic mass is 16.5. The number of imidazole rings is 1. The number of ether oxygens (including phenoxy) is 2. The summed E-state index contributed by atoms with van der Waals surface area (Å²) >= 11 is 0. The summed E-state index contributed by atoms with van der Waals surface area (Å²) in [5, 5.41) is 3.47. The average Bonchev–Trinajstić information content (AvgIpc) is 3.50. The van der Waals surface area contributed by atoms with Gasteiger partial charge in [0.15, 0.2) is 17.3 Å². The van der Waals surface area contributed by atoms with Crippen LogP contribution < -0.4 is 14.8 Å². The number of hydrogen-bond donors (Lipinski definition) is 1. The van der Waals surface area contributed by atoms with Crippen molar-refractivity contribution in [3.05, 3.63) is 83.5 Å². The summed E-state index contributed by atoms with van der Waals surface area (Å²) in [6.45, 7) is 0. The van der Waals surface area contributed by atoms with E-state index in [1.807, 2.05) is 54.6 Å². The molecule has 7 heteroatoms. The van der Waals surface area contributed by atoms with Gasteiger partial charge in [0, 0.05) is 23.6 Å². The van der Waals surface area contributed by atoms with Crippen molar-refractivity contribution in [3.8, 4) is 11.5 Å². The van der Waals surface area contributed by atoms with Gasteiger partial charge in [0.05, 0.1) is 37.6 Å². The molecule has 33 heavy (non-hydrogen) atoms. The lowest BCUT2D eigenvalue weighted by Gasteiger charge is -2.36. The average molecular weight is 441 g/mol. The second kappa shape index (κ2) is 7.55. The number of fused-ring (bicyclic) bond motifs is 3. The zero-order chi connectivity index (χ0) is 22.5. The maximum atomic E-state index is 13.6. The molecule has 3 heterocycles. The Balaban J connectivity index is 1.55. The second-order valence-corrected chi connectivity index (χ2v) is 8.37. The van der Waals surface area contributed by atoms with E-state index in [4.69, 9.17) is 18.9 Å². The number of allylic oxidation sites excluding steroid dienone is 2. The Labute approximate surface area is 190 Å². The molecule has 0 radical (unpaired) electrons. The van der Waals surface area contributed by atoms with Crippen LogP contribution in [0.4, 0.5) is 5.95 Å². The number of aromatic nitrogens is 2. The van der Waals surface area contributed by atoms with Crippen LogP contribution in [0.3, 0.4) is 0 Å². The molecule has 6 rings (SSSR count). The molecule has 0 spiro atoms. The molecule has 2 aromatic carbocycles. The number of carbonyl (C=O) groups is 1. The number of rotatable bonds is 4. The minimum atomic E-state index is -0.325. The number of benzene rings is 2. The number of anilines is 1. The van der Waals surface area contributed by atoms with Gasteiger partial charge in [-0.1, -0.05) is 18.2 Å². The lowest BCUT2D eigenvalue weighted by molar-refractivity contribution is -0.116. The number of Topliss-reactive ketones (excluding diaryl/α,β-unsaturated/α-hetero) is 1. The smallest absolute Gasteiger partial charge is 0.209 e. The molecule has 4 aromatic rings. The lowest BCUT2D eigenvalue weighted by Crippen LogP contribution is -2.33. The van der Waals surface area contributed by atoms with Crippen LogP contribution in [0, 0.1) is 0 Å². The third-order valence-corrected chi connectivity index (χ3v) is 6.57. The Morgan fingerprint density at radius 3 is 2.67 bits per heavy atom. The number of nitrogens with zero attached hydrogens (tertiary/aromatic N) is 2. The van der Waals surface area contributed by atoms with Crippen molar-refractivity contribution in [2.24, 2.45) is 0 Å². The molecular weight excluding hydrogens is 418 g/mol. The molecule has 166 valence electrons. The van der Waals surface area contributed by atoms with Crippen molar-refractivity contribution in [2.45, 2.75) is 24.8 Å². The van der Waals surface area contributed by atoms with E-state index < -0.39 is 0 Å². The second-order valence-electron chi connectivity index (χ2n) is 8.37. The van der Waals surface area contributed by atoms with E-state index in [0.717, 1.165) is 39.6 Å². The molecule has 0 saturated heterocycles. The number of carbonyl (C=O) groups excluding carboxylic acids is 1. The van der Waals surface area contributed by atoms with Crippen LogP contribution in [0.5, 0.6) is 11.5 Å². The van der Waals surface area contributed by atoms with Gasteiger partial charge in [-0.2, -0.15) is 0 Å². The SMILES string of the molecule is COc1ccc(C2C3=C(CC(c4ccco4)CC3=O)Nc3nc4ccccc4n32)cc1OC. The van der Waals surface area contributed by atoms with Gasteiger partial charge in [-0.25, -0.2) is 4.98 Å². The predicted octanol–water partition coefficient (Wildman–Crippen LogP) is 5.06. The van der Waals surface area contributed by atoms with E-state index in [9.17, 15) is 4.79 Å². The molecule has 1 aliphatic heterocycles. The minimum absolute atomic E-state index is 0.000678. The summed E-state index contributed by atoms with van der Waals surface area (Å²) < 4.78 is 18.8. The highest BCUT2D eigenvalue weighted by Crippen LogP contribution is 2.47. The summed E-state index contributed by atoms with van der Waals surface area (Å²) in [5.74, 6) is 2.93. The van der Waals surface area contributed by atoms with E-state index in [2.05, 4.69) is 9.88 Å². The topological polar surface area (TPSA) is 78.5 Å². The highest BCUT2D eigenvalue weighted by Gasteiger charge is 2.40. The number of methoxy groups -OCH3 is 2. The first kappa shape index (κ1) is 19.7. The molecular formula is C26H23N3O4. The van der Waals surface area contributed by atoms with Crippen molar-refractivity contribution >= 4 is 22.8 Å². The number of ketones is 1. The molecule has 7 nitrogen and oxygen atoms in total. The summed E-state index contributed by atoms with van der Waals surface area (Å²) in [7, 11) is 3.23. The minimum Gasteiger partial charge on any atom is -0.493 e. The third-order valence-electron chi connectivity index (χ3n) is 6.57. The Morgan fingerprint density at radius 2 is 1.88 bits per heavy atom. The Bertz CT molecular complexity index is 1400. The number of para-hydroxylation sites is 2. The maximum Gasteiger partial charge on any atom is 0.209 e. The fourth-order valence-corrected chi connectivity index (χ4v) is 5.09. The fraction of sp³-hybridized carbons (Fsp3) is 0.231. The van der Waals surface area contributed by atoms with Gasteiger partial charge >= 0.3 is 0 Å². The predicted molar refractivity (Wildman–Crippen MR) is 124 cm³/mol. The normalized spacial score (nSPS) is 19.8. The molecule has 2 atom stereocenters. The molecule has 2 unspecified atom stereocenters. The van der Waals surface area contributed by atoms with Gasteiger partial charge < -0.3 is 19.2 Å². The van der Waals surface area contributed by atoms with E-state index >= 15 is 0 Å². The van der Waals surface area contributed by atoms with Gasteiger partial charge in [0.2, 0.25) is 5.95 Å². The van der Waals surface area contributed by atoms with E-state index in [-0.39, 0.29) is 17.7 Å². The molecule has 1 N–H and O–H groups in total. The van der Waals surface area contributed by atoms with Gasteiger partial charge in [0.25, 0.3) is 0 Å². The molecule has 0 saturated carbocycles. The van der Waals surface area contributed by atoms with Crippen LogP contribution in [0.1, 0.15) is 36.1 Å². The summed E-state index contributed by atoms with van der Waals surface area (Å²) in [5.41, 5.74) is 4.44. The Kier molecular flexibility index (Phi) is 4.50. The van der Waals surface area contributed by atoms with Crippen molar-refractivity contribution < 1.29 is 18.7 Å². The van der Waals surface area contributed by atoms with E-state index in [0.29, 0.717) is 24.3 Å². The first-order valence-electron chi connectivity index (χ1n) is 10.9. The van der Waals surface area contributed by atoms with Crippen molar-refractivity contribution in [1.29, 1.82) is 0 Å².